The summed E-state index contributed by atoms with van der Waals surface area (Å²) in [4.78, 5) is 0. The minimum Gasteiger partial charge on any atom is -0.369 e. The Kier molecular flexibility index (Phi) is 4.93. The van der Waals surface area contributed by atoms with Crippen molar-refractivity contribution in [3.05, 3.63) is 17.8 Å². The maximum atomic E-state index is 5.70. The van der Waals surface area contributed by atoms with E-state index in [9.17, 15) is 0 Å². The number of hydrogen-bond acceptors (Lipinski definition) is 4. The molecule has 4 heteroatoms. The molecule has 1 saturated carbocycles. The zero-order valence-corrected chi connectivity index (χ0v) is 11.2. The predicted octanol–water partition coefficient (Wildman–Crippen LogP) is 2.67. The molecule has 4 nitrogen and oxygen atoms in total. The minimum atomic E-state index is 0.229. The molecule has 1 atom stereocenters. The topological polar surface area (TPSA) is 63.8 Å². The van der Waals surface area contributed by atoms with Crippen LogP contribution < -0.4 is 11.1 Å². The molecule has 18 heavy (non-hydrogen) atoms. The van der Waals surface area contributed by atoms with Crippen LogP contribution in [0.25, 0.3) is 0 Å². The van der Waals surface area contributed by atoms with Gasteiger partial charge in [0.2, 0.25) is 0 Å². The molecular weight excluding hydrogens is 224 g/mol. The second-order valence-corrected chi connectivity index (χ2v) is 5.37. The van der Waals surface area contributed by atoms with Crippen LogP contribution in [0.15, 0.2) is 12.1 Å². The maximum Gasteiger partial charge on any atom is 0.148 e. The summed E-state index contributed by atoms with van der Waals surface area (Å²) in [6.45, 7) is 2.87. The summed E-state index contributed by atoms with van der Waals surface area (Å²) in [6.07, 6.45) is 7.53. The smallest absolute Gasteiger partial charge is 0.148 e. The summed E-state index contributed by atoms with van der Waals surface area (Å²) < 4.78 is 0. The van der Waals surface area contributed by atoms with Gasteiger partial charge in [0.1, 0.15) is 5.82 Å². The quantitative estimate of drug-likeness (QED) is 0.841. The number of rotatable bonds is 5. The Morgan fingerprint density at radius 1 is 1.28 bits per heavy atom. The number of aromatic nitrogens is 2. The molecule has 1 aromatic heterocycles. The molecule has 1 aromatic rings. The van der Waals surface area contributed by atoms with E-state index in [1.54, 1.807) is 0 Å². The van der Waals surface area contributed by atoms with Crippen LogP contribution in [-0.2, 0) is 0 Å². The van der Waals surface area contributed by atoms with Crippen molar-refractivity contribution < 1.29 is 0 Å². The largest absolute Gasteiger partial charge is 0.369 e. The third kappa shape index (κ3) is 3.95. The minimum absolute atomic E-state index is 0.229. The molecule has 3 N–H and O–H groups in total. The lowest BCUT2D eigenvalue weighted by atomic mass is 9.87. The number of nitrogens with one attached hydrogen (secondary N) is 1. The van der Waals surface area contributed by atoms with Crippen molar-refractivity contribution >= 4 is 5.82 Å². The van der Waals surface area contributed by atoms with Gasteiger partial charge in [-0.1, -0.05) is 19.3 Å². The molecule has 1 fully saturated rings. The molecule has 0 radical (unpaired) electrons. The average Bonchev–Trinajstić information content (AvgIpc) is 2.40. The zero-order valence-electron chi connectivity index (χ0n) is 11.2. The van der Waals surface area contributed by atoms with E-state index in [1.165, 1.54) is 32.1 Å². The lowest BCUT2D eigenvalue weighted by molar-refractivity contribution is 0.434. The van der Waals surface area contributed by atoms with Crippen LogP contribution >= 0.6 is 0 Å². The molecular formula is C14H24N4. The second-order valence-electron chi connectivity index (χ2n) is 5.37. The fourth-order valence-corrected chi connectivity index (χ4v) is 2.48. The van der Waals surface area contributed by atoms with Crippen molar-refractivity contribution in [3.63, 3.8) is 0 Å². The molecule has 100 valence electrons. The van der Waals surface area contributed by atoms with Gasteiger partial charge in [0.25, 0.3) is 0 Å². The Balaban J connectivity index is 1.84. The zero-order chi connectivity index (χ0) is 12.8. The first-order chi connectivity index (χ1) is 8.75. The summed E-state index contributed by atoms with van der Waals surface area (Å²) in [5.74, 6) is 1.49. The van der Waals surface area contributed by atoms with Gasteiger partial charge in [-0.25, -0.2) is 0 Å². The summed E-state index contributed by atoms with van der Waals surface area (Å²) in [5.41, 5.74) is 6.86. The van der Waals surface area contributed by atoms with Gasteiger partial charge in [-0.05, 0) is 38.3 Å². The maximum absolute atomic E-state index is 5.70. The molecule has 2 rings (SSSR count). The van der Waals surface area contributed by atoms with Crippen LogP contribution in [0.2, 0.25) is 0 Å². The molecule has 0 aromatic carbocycles. The van der Waals surface area contributed by atoms with Crippen LogP contribution in [0.5, 0.6) is 0 Å². The van der Waals surface area contributed by atoms with E-state index in [4.69, 9.17) is 5.73 Å². The Bertz CT molecular complexity index is 341. The Labute approximate surface area is 109 Å². The normalized spacial score (nSPS) is 18.6. The van der Waals surface area contributed by atoms with E-state index < -0.39 is 0 Å². The fraction of sp³-hybridized carbons (Fsp3) is 0.714. The third-order valence-corrected chi connectivity index (χ3v) is 3.61. The average molecular weight is 248 g/mol. The molecule has 0 aliphatic heterocycles. The molecule has 1 aliphatic carbocycles. The molecule has 0 amide bonds. The van der Waals surface area contributed by atoms with Gasteiger partial charge < -0.3 is 11.1 Å². The van der Waals surface area contributed by atoms with Gasteiger partial charge in [0, 0.05) is 18.5 Å². The van der Waals surface area contributed by atoms with Crippen molar-refractivity contribution in [2.24, 2.45) is 5.73 Å². The summed E-state index contributed by atoms with van der Waals surface area (Å²) in [6, 6.07) is 4.39. The predicted molar refractivity (Wildman–Crippen MR) is 74.6 cm³/mol. The molecule has 1 aliphatic rings. The van der Waals surface area contributed by atoms with E-state index >= 15 is 0 Å². The molecule has 0 saturated heterocycles. The van der Waals surface area contributed by atoms with Gasteiger partial charge in [-0.15, -0.1) is 5.10 Å². The van der Waals surface area contributed by atoms with E-state index in [1.807, 2.05) is 13.0 Å². The highest BCUT2D eigenvalue weighted by Gasteiger charge is 2.16. The van der Waals surface area contributed by atoms with Crippen molar-refractivity contribution in [2.75, 3.05) is 11.9 Å². The first-order valence-electron chi connectivity index (χ1n) is 7.09. The highest BCUT2D eigenvalue weighted by molar-refractivity contribution is 5.33. The van der Waals surface area contributed by atoms with Crippen LogP contribution in [0.3, 0.4) is 0 Å². The number of nitrogens with zero attached hydrogens (tertiary/aromatic N) is 2. The highest BCUT2D eigenvalue weighted by Crippen LogP contribution is 2.31. The summed E-state index contributed by atoms with van der Waals surface area (Å²) in [7, 11) is 0. The van der Waals surface area contributed by atoms with Gasteiger partial charge in [0.15, 0.2) is 0 Å². The van der Waals surface area contributed by atoms with Crippen molar-refractivity contribution in [3.8, 4) is 0 Å². The van der Waals surface area contributed by atoms with Crippen molar-refractivity contribution in [2.45, 2.75) is 57.4 Å². The van der Waals surface area contributed by atoms with Gasteiger partial charge >= 0.3 is 0 Å². The van der Waals surface area contributed by atoms with E-state index in [2.05, 4.69) is 21.6 Å². The second kappa shape index (κ2) is 6.69. The Hall–Kier alpha value is -1.16. The molecule has 0 bridgehead atoms. The van der Waals surface area contributed by atoms with Gasteiger partial charge in [0.05, 0.1) is 5.69 Å². The molecule has 0 spiro atoms. The molecule has 1 unspecified atom stereocenters. The van der Waals surface area contributed by atoms with Crippen LogP contribution in [0.1, 0.15) is 57.1 Å². The van der Waals surface area contributed by atoms with Crippen molar-refractivity contribution in [1.29, 1.82) is 0 Å². The highest BCUT2D eigenvalue weighted by atomic mass is 15.2. The standard InChI is InChI=1S/C14H24N4/c1-11(15)9-10-16-14-8-7-13(17-18-14)12-5-3-2-4-6-12/h7-8,11-12H,2-6,9-10,15H2,1H3,(H,16,18). The SMILES string of the molecule is CC(N)CCNc1ccc(C2CCCCC2)nn1. The number of hydrogen-bond donors (Lipinski definition) is 2. The first kappa shape index (κ1) is 13.3. The number of nitrogens with two attached hydrogens (primary N) is 1. The van der Waals surface area contributed by atoms with Gasteiger partial charge in [-0.3, -0.25) is 0 Å². The van der Waals surface area contributed by atoms with Crippen LogP contribution in [0.4, 0.5) is 5.82 Å². The van der Waals surface area contributed by atoms with Crippen molar-refractivity contribution in [1.82, 2.24) is 10.2 Å². The van der Waals surface area contributed by atoms with Crippen LogP contribution in [0, 0.1) is 0 Å². The first-order valence-corrected chi connectivity index (χ1v) is 7.09. The van der Waals surface area contributed by atoms with E-state index in [0.717, 1.165) is 24.5 Å². The summed E-state index contributed by atoms with van der Waals surface area (Å²) in [5, 5.41) is 11.9. The van der Waals surface area contributed by atoms with Gasteiger partial charge in [-0.2, -0.15) is 5.10 Å². The number of anilines is 1. The molecule has 1 heterocycles. The summed E-state index contributed by atoms with van der Waals surface area (Å²) >= 11 is 0. The van der Waals surface area contributed by atoms with Crippen LogP contribution in [-0.4, -0.2) is 22.8 Å². The van der Waals surface area contributed by atoms with E-state index in [0.29, 0.717) is 5.92 Å². The third-order valence-electron chi connectivity index (χ3n) is 3.61. The lowest BCUT2D eigenvalue weighted by Crippen LogP contribution is -2.19. The van der Waals surface area contributed by atoms with E-state index in [-0.39, 0.29) is 6.04 Å². The Morgan fingerprint density at radius 3 is 2.67 bits per heavy atom. The monoisotopic (exact) mass is 248 g/mol. The Morgan fingerprint density at radius 2 is 2.06 bits per heavy atom. The lowest BCUT2D eigenvalue weighted by Gasteiger charge is -2.20. The fourth-order valence-electron chi connectivity index (χ4n) is 2.48.